The van der Waals surface area contributed by atoms with Crippen LogP contribution in [0.5, 0.6) is 5.75 Å². The lowest BCUT2D eigenvalue weighted by molar-refractivity contribution is -0.133. The molecule has 1 aromatic heterocycles. The van der Waals surface area contributed by atoms with Gasteiger partial charge >= 0.3 is 0 Å². The predicted molar refractivity (Wildman–Crippen MR) is 136 cm³/mol. The van der Waals surface area contributed by atoms with E-state index in [4.69, 9.17) is 9.15 Å². The largest absolute Gasteiger partial charge is 0.484 e. The maximum absolute atomic E-state index is 12.5. The van der Waals surface area contributed by atoms with Crippen molar-refractivity contribution in [3.63, 3.8) is 0 Å². The highest BCUT2D eigenvalue weighted by Gasteiger charge is 2.26. The number of amides is 1. The number of carbonyl (C=O) groups is 1. The van der Waals surface area contributed by atoms with Gasteiger partial charge in [0.05, 0.1) is 0 Å². The molecule has 0 radical (unpaired) electrons. The van der Waals surface area contributed by atoms with E-state index < -0.39 is 0 Å². The van der Waals surface area contributed by atoms with E-state index in [-0.39, 0.29) is 23.6 Å². The van der Waals surface area contributed by atoms with Gasteiger partial charge in [0.2, 0.25) is 17.5 Å². The molecule has 3 aromatic rings. The summed E-state index contributed by atoms with van der Waals surface area (Å²) in [6, 6.07) is 19.8. The van der Waals surface area contributed by atoms with Crippen molar-refractivity contribution in [3.05, 3.63) is 77.3 Å². The molecule has 4 rings (SSSR count). The van der Waals surface area contributed by atoms with Crippen LogP contribution in [0, 0.1) is 11.3 Å². The van der Waals surface area contributed by atoms with Gasteiger partial charge in [0.1, 0.15) is 11.8 Å². The van der Waals surface area contributed by atoms with Crippen molar-refractivity contribution < 1.29 is 13.9 Å². The summed E-state index contributed by atoms with van der Waals surface area (Å²) in [5, 5.41) is 9.57. The van der Waals surface area contributed by atoms with Crippen LogP contribution in [0.4, 0.5) is 5.88 Å². The Kier molecular flexibility index (Phi) is 7.21. The van der Waals surface area contributed by atoms with Gasteiger partial charge in [-0.2, -0.15) is 10.2 Å². The molecule has 2 aromatic carbocycles. The molecule has 0 N–H and O–H groups in total. The molecule has 7 nitrogen and oxygen atoms in total. The quantitative estimate of drug-likeness (QED) is 0.517. The fourth-order valence-electron chi connectivity index (χ4n) is 3.86. The van der Waals surface area contributed by atoms with E-state index in [0.29, 0.717) is 43.7 Å². The minimum absolute atomic E-state index is 0.00143. The summed E-state index contributed by atoms with van der Waals surface area (Å²) in [5.41, 5.74) is 2.65. The van der Waals surface area contributed by atoms with Gasteiger partial charge in [-0.25, -0.2) is 0 Å². The smallest absolute Gasteiger partial charge is 0.260 e. The van der Waals surface area contributed by atoms with Crippen LogP contribution in [0.25, 0.3) is 12.2 Å². The first-order valence-electron chi connectivity index (χ1n) is 11.7. The van der Waals surface area contributed by atoms with Gasteiger partial charge < -0.3 is 19.0 Å². The second kappa shape index (κ2) is 10.5. The Morgan fingerprint density at radius 3 is 2.37 bits per heavy atom. The minimum Gasteiger partial charge on any atom is -0.484 e. The van der Waals surface area contributed by atoms with Crippen LogP contribution in [0.2, 0.25) is 0 Å². The second-order valence-corrected chi connectivity index (χ2v) is 9.49. The molecule has 0 atom stereocenters. The van der Waals surface area contributed by atoms with Crippen molar-refractivity contribution in [1.82, 2.24) is 9.88 Å². The second-order valence-electron chi connectivity index (χ2n) is 9.49. The lowest BCUT2D eigenvalue weighted by Gasteiger charge is -2.34. The van der Waals surface area contributed by atoms with Gasteiger partial charge in [-0.1, -0.05) is 63.2 Å². The molecule has 35 heavy (non-hydrogen) atoms. The highest BCUT2D eigenvalue weighted by atomic mass is 16.5. The molecule has 7 heteroatoms. The molecular weight excluding hydrogens is 440 g/mol. The van der Waals surface area contributed by atoms with E-state index in [1.807, 2.05) is 41.3 Å². The molecule has 0 bridgehead atoms. The first-order chi connectivity index (χ1) is 16.8. The standard InChI is InChI=1S/C28H30N4O3/c1-28(2,3)22-12-9-21(10-13-22)11-14-25-30-24(19-29)27(35-25)32-17-15-31(16-18-32)26(33)20-34-23-7-5-4-6-8-23/h4-14H,15-18,20H2,1-3H3/b14-11+. The first-order valence-corrected chi connectivity index (χ1v) is 11.7. The van der Waals surface area contributed by atoms with Crippen molar-refractivity contribution in [1.29, 1.82) is 5.26 Å². The number of para-hydroxylation sites is 1. The van der Waals surface area contributed by atoms with Crippen LogP contribution < -0.4 is 9.64 Å². The maximum atomic E-state index is 12.5. The molecule has 1 amide bonds. The third-order valence-electron chi connectivity index (χ3n) is 5.95. The van der Waals surface area contributed by atoms with Gasteiger partial charge in [0.15, 0.2) is 6.61 Å². The summed E-state index contributed by atoms with van der Waals surface area (Å²) >= 11 is 0. The number of rotatable bonds is 6. The summed E-state index contributed by atoms with van der Waals surface area (Å²) in [6.45, 7) is 8.71. The molecule has 2 heterocycles. The van der Waals surface area contributed by atoms with Crippen molar-refractivity contribution >= 4 is 23.9 Å². The van der Waals surface area contributed by atoms with Gasteiger partial charge in [0, 0.05) is 32.3 Å². The fraction of sp³-hybridized carbons (Fsp3) is 0.321. The molecule has 0 aliphatic carbocycles. The van der Waals surface area contributed by atoms with Crippen LogP contribution in [0.1, 0.15) is 43.5 Å². The Bertz CT molecular complexity index is 1210. The number of carbonyl (C=O) groups excluding carboxylic acids is 1. The van der Waals surface area contributed by atoms with E-state index >= 15 is 0 Å². The lowest BCUT2D eigenvalue weighted by Crippen LogP contribution is -2.50. The highest BCUT2D eigenvalue weighted by molar-refractivity contribution is 5.78. The SMILES string of the molecule is CC(C)(C)c1ccc(/C=C/c2nc(C#N)c(N3CCN(C(=O)COc4ccccc4)CC3)o2)cc1. The zero-order chi connectivity index (χ0) is 24.8. The molecule has 0 unspecified atom stereocenters. The van der Waals surface area contributed by atoms with Crippen LogP contribution in [0.15, 0.2) is 59.0 Å². The zero-order valence-corrected chi connectivity index (χ0v) is 20.4. The Balaban J connectivity index is 1.35. The lowest BCUT2D eigenvalue weighted by atomic mass is 9.87. The molecule has 0 spiro atoms. The summed E-state index contributed by atoms with van der Waals surface area (Å²) < 4.78 is 11.5. The monoisotopic (exact) mass is 470 g/mol. The van der Waals surface area contributed by atoms with Crippen LogP contribution in [-0.2, 0) is 10.2 Å². The molecule has 1 aliphatic rings. The van der Waals surface area contributed by atoms with Crippen molar-refractivity contribution in [2.75, 3.05) is 37.7 Å². The molecule has 180 valence electrons. The molecule has 1 saturated heterocycles. The maximum Gasteiger partial charge on any atom is 0.260 e. The van der Waals surface area contributed by atoms with E-state index in [9.17, 15) is 10.1 Å². The van der Waals surface area contributed by atoms with Gasteiger partial charge in [0.25, 0.3) is 5.91 Å². The zero-order valence-electron chi connectivity index (χ0n) is 20.4. The number of ether oxygens (including phenoxy) is 1. The summed E-state index contributed by atoms with van der Waals surface area (Å²) in [6.07, 6.45) is 3.70. The van der Waals surface area contributed by atoms with Gasteiger partial charge in [-0.05, 0) is 34.8 Å². The van der Waals surface area contributed by atoms with Gasteiger partial charge in [-0.3, -0.25) is 4.79 Å². The minimum atomic E-state index is -0.0623. The van der Waals surface area contributed by atoms with Crippen LogP contribution >= 0.6 is 0 Å². The number of aromatic nitrogens is 1. The summed E-state index contributed by atoms with van der Waals surface area (Å²) in [7, 11) is 0. The van der Waals surface area contributed by atoms with Crippen LogP contribution in [0.3, 0.4) is 0 Å². The van der Waals surface area contributed by atoms with E-state index in [2.05, 4.69) is 56.1 Å². The summed E-state index contributed by atoms with van der Waals surface area (Å²) in [5.74, 6) is 1.44. The number of benzene rings is 2. The predicted octanol–water partition coefficient (Wildman–Crippen LogP) is 4.74. The third kappa shape index (κ3) is 6.10. The Morgan fingerprint density at radius 1 is 1.06 bits per heavy atom. The Labute approximate surface area is 206 Å². The molecular formula is C28H30N4O3. The number of nitriles is 1. The van der Waals surface area contributed by atoms with E-state index in [1.165, 1.54) is 5.56 Å². The fourth-order valence-corrected chi connectivity index (χ4v) is 3.86. The molecule has 1 fully saturated rings. The third-order valence-corrected chi connectivity index (χ3v) is 5.95. The Morgan fingerprint density at radius 2 is 1.74 bits per heavy atom. The molecule has 0 saturated carbocycles. The number of hydrogen-bond donors (Lipinski definition) is 0. The van der Waals surface area contributed by atoms with E-state index in [0.717, 1.165) is 5.56 Å². The Hall–Kier alpha value is -4.05. The van der Waals surface area contributed by atoms with Crippen molar-refractivity contribution in [2.24, 2.45) is 0 Å². The normalized spacial score (nSPS) is 14.2. The molecule has 1 aliphatic heterocycles. The first kappa shape index (κ1) is 24.1. The topological polar surface area (TPSA) is 82.6 Å². The number of hydrogen-bond acceptors (Lipinski definition) is 6. The van der Waals surface area contributed by atoms with Crippen molar-refractivity contribution in [3.8, 4) is 11.8 Å². The van der Waals surface area contributed by atoms with E-state index in [1.54, 1.807) is 11.0 Å². The van der Waals surface area contributed by atoms with Gasteiger partial charge in [-0.15, -0.1) is 0 Å². The number of piperazine rings is 1. The highest BCUT2D eigenvalue weighted by Crippen LogP contribution is 2.25. The average molecular weight is 471 g/mol. The van der Waals surface area contributed by atoms with Crippen molar-refractivity contribution in [2.45, 2.75) is 26.2 Å². The van der Waals surface area contributed by atoms with Crippen LogP contribution in [-0.4, -0.2) is 48.6 Å². The number of oxazole rings is 1. The number of nitrogens with zero attached hydrogens (tertiary/aromatic N) is 4. The number of anilines is 1. The average Bonchev–Trinajstić information content (AvgIpc) is 3.30. The summed E-state index contributed by atoms with van der Waals surface area (Å²) in [4.78, 5) is 20.6.